The molecule has 0 aromatic carbocycles. The average Bonchev–Trinajstić information content (AvgIpc) is 2.50. The minimum atomic E-state index is 0. The van der Waals surface area contributed by atoms with E-state index in [1.807, 2.05) is 0 Å². The van der Waals surface area contributed by atoms with Crippen LogP contribution in [0.3, 0.4) is 0 Å². The van der Waals surface area contributed by atoms with Crippen molar-refractivity contribution in [2.45, 2.75) is 47.6 Å². The number of likely N-dealkylation sites (N-methyl/N-ethyl adjacent to an activating group) is 1. The maximum absolute atomic E-state index is 4.31. The van der Waals surface area contributed by atoms with Gasteiger partial charge in [0.15, 0.2) is 0 Å². The molecule has 0 amide bonds. The summed E-state index contributed by atoms with van der Waals surface area (Å²) in [6.45, 7) is 13.5. The smallest absolute Gasteiger partial charge is 0.661 e. The van der Waals surface area contributed by atoms with Crippen LogP contribution in [0.15, 0.2) is 12.1 Å². The summed E-state index contributed by atoms with van der Waals surface area (Å²) in [5.74, 6) is 0. The number of rotatable bonds is 4. The van der Waals surface area contributed by atoms with Gasteiger partial charge in [-0.3, -0.25) is 0 Å². The third-order valence-corrected chi connectivity index (χ3v) is 2.12. The fourth-order valence-electron chi connectivity index (χ4n) is 1.38. The third-order valence-electron chi connectivity index (χ3n) is 2.12. The Bertz CT molecular complexity index is 237. The predicted molar refractivity (Wildman–Crippen MR) is 68.6 cm³/mol. The van der Waals surface area contributed by atoms with Crippen LogP contribution in [0.1, 0.15) is 38.6 Å². The second-order valence-corrected chi connectivity index (χ2v) is 3.74. The summed E-state index contributed by atoms with van der Waals surface area (Å²) in [7, 11) is 0. The van der Waals surface area contributed by atoms with Gasteiger partial charge in [-0.25, -0.2) is 0 Å². The molecule has 0 N–H and O–H groups in total. The second kappa shape index (κ2) is 12.3. The summed E-state index contributed by atoms with van der Waals surface area (Å²) >= 11 is 0. The van der Waals surface area contributed by atoms with Crippen molar-refractivity contribution >= 4 is 0 Å². The van der Waals surface area contributed by atoms with Gasteiger partial charge in [0, 0.05) is 17.9 Å². The van der Waals surface area contributed by atoms with Gasteiger partial charge < -0.3 is 9.88 Å². The van der Waals surface area contributed by atoms with Gasteiger partial charge in [-0.1, -0.05) is 27.2 Å². The standard InChI is InChI=1S/C10H17N2.C3H8.K/c1-4-11-7-8-12-9(2)5-6-10(12)3;1-3-2;/h5-6H,4,7-8H2,1-3H3;3H2,1-2H3;/q-1;;+1. The first-order chi connectivity index (χ1) is 7.17. The molecule has 1 aromatic heterocycles. The van der Waals surface area contributed by atoms with E-state index in [4.69, 9.17) is 0 Å². The molecule has 3 heteroatoms. The molecule has 0 bridgehead atoms. The molecule has 1 rings (SSSR count). The molecule has 0 radical (unpaired) electrons. The van der Waals surface area contributed by atoms with E-state index in [0.29, 0.717) is 0 Å². The maximum Gasteiger partial charge on any atom is 1.00 e. The van der Waals surface area contributed by atoms with Crippen LogP contribution in [0.25, 0.3) is 5.32 Å². The van der Waals surface area contributed by atoms with Crippen LogP contribution in [0.5, 0.6) is 0 Å². The van der Waals surface area contributed by atoms with Gasteiger partial charge in [-0.2, -0.15) is 6.54 Å². The van der Waals surface area contributed by atoms with Crippen molar-refractivity contribution in [1.82, 2.24) is 4.57 Å². The van der Waals surface area contributed by atoms with Gasteiger partial charge in [-0.05, 0) is 26.0 Å². The fourth-order valence-corrected chi connectivity index (χ4v) is 1.38. The summed E-state index contributed by atoms with van der Waals surface area (Å²) in [5.41, 5.74) is 2.66. The Balaban J connectivity index is 0. The number of aromatic nitrogens is 1. The van der Waals surface area contributed by atoms with Crippen molar-refractivity contribution in [2.24, 2.45) is 0 Å². The van der Waals surface area contributed by atoms with Crippen molar-refractivity contribution in [2.75, 3.05) is 13.1 Å². The Morgan fingerprint density at radius 1 is 1.06 bits per heavy atom. The molecule has 0 atom stereocenters. The summed E-state index contributed by atoms with van der Waals surface area (Å²) in [5, 5.41) is 4.31. The predicted octanol–water partition coefficient (Wildman–Crippen LogP) is 0.919. The van der Waals surface area contributed by atoms with Crippen LogP contribution in [0.4, 0.5) is 0 Å². The normalized spacial score (nSPS) is 9.06. The Morgan fingerprint density at radius 3 is 1.88 bits per heavy atom. The van der Waals surface area contributed by atoms with Gasteiger partial charge in [0.25, 0.3) is 0 Å². The summed E-state index contributed by atoms with van der Waals surface area (Å²) in [6.07, 6.45) is 1.25. The monoisotopic (exact) mass is 248 g/mol. The largest absolute Gasteiger partial charge is 1.00 e. The van der Waals surface area contributed by atoms with Gasteiger partial charge in [0.2, 0.25) is 0 Å². The minimum absolute atomic E-state index is 0. The first-order valence-corrected chi connectivity index (χ1v) is 5.93. The zero-order valence-electron chi connectivity index (χ0n) is 11.9. The Hall–Kier alpha value is 0.876. The van der Waals surface area contributed by atoms with E-state index in [-0.39, 0.29) is 51.4 Å². The molecule has 0 saturated heterocycles. The van der Waals surface area contributed by atoms with Crippen molar-refractivity contribution in [3.8, 4) is 0 Å². The number of hydrogen-bond donors (Lipinski definition) is 0. The molecule has 0 fully saturated rings. The van der Waals surface area contributed by atoms with E-state index in [2.05, 4.69) is 56.6 Å². The number of nitrogens with zero attached hydrogens (tertiary/aromatic N) is 2. The van der Waals surface area contributed by atoms with Crippen LogP contribution < -0.4 is 51.4 Å². The Labute approximate surface area is 144 Å². The molecule has 16 heavy (non-hydrogen) atoms. The Morgan fingerprint density at radius 2 is 1.50 bits per heavy atom. The molecular weight excluding hydrogens is 223 g/mol. The fraction of sp³-hybridized carbons (Fsp3) is 0.692. The van der Waals surface area contributed by atoms with Crippen molar-refractivity contribution < 1.29 is 51.4 Å². The third kappa shape index (κ3) is 8.04. The number of hydrogen-bond acceptors (Lipinski definition) is 0. The van der Waals surface area contributed by atoms with E-state index in [1.165, 1.54) is 17.8 Å². The molecule has 88 valence electrons. The van der Waals surface area contributed by atoms with Crippen LogP contribution in [-0.2, 0) is 6.54 Å². The van der Waals surface area contributed by atoms with Crippen LogP contribution in [-0.4, -0.2) is 17.7 Å². The second-order valence-electron chi connectivity index (χ2n) is 3.74. The van der Waals surface area contributed by atoms with Crippen molar-refractivity contribution in [3.63, 3.8) is 0 Å². The molecule has 0 aliphatic heterocycles. The summed E-state index contributed by atoms with van der Waals surface area (Å²) < 4.78 is 2.30. The van der Waals surface area contributed by atoms with Crippen LogP contribution >= 0.6 is 0 Å². The minimum Gasteiger partial charge on any atom is -0.661 e. The van der Waals surface area contributed by atoms with E-state index < -0.39 is 0 Å². The average molecular weight is 248 g/mol. The van der Waals surface area contributed by atoms with E-state index in [0.717, 1.165) is 19.6 Å². The first kappa shape index (κ1) is 19.2. The summed E-state index contributed by atoms with van der Waals surface area (Å²) in [4.78, 5) is 0. The van der Waals surface area contributed by atoms with Crippen molar-refractivity contribution in [3.05, 3.63) is 28.8 Å². The maximum atomic E-state index is 4.31. The van der Waals surface area contributed by atoms with Gasteiger partial charge in [0.05, 0.1) is 0 Å². The molecule has 0 aliphatic carbocycles. The molecule has 2 nitrogen and oxygen atoms in total. The van der Waals surface area contributed by atoms with Crippen LogP contribution in [0, 0.1) is 13.8 Å². The molecule has 0 saturated carbocycles. The molecule has 0 aliphatic rings. The molecule has 0 spiro atoms. The molecule has 0 unspecified atom stereocenters. The topological polar surface area (TPSA) is 19.0 Å². The van der Waals surface area contributed by atoms with Crippen LogP contribution in [0.2, 0.25) is 0 Å². The zero-order valence-corrected chi connectivity index (χ0v) is 15.0. The first-order valence-electron chi connectivity index (χ1n) is 5.93. The Kier molecular flexibility index (Phi) is 14.8. The molecule has 1 heterocycles. The van der Waals surface area contributed by atoms with Crippen molar-refractivity contribution in [1.29, 1.82) is 0 Å². The number of aryl methyl sites for hydroxylation is 2. The van der Waals surface area contributed by atoms with E-state index in [9.17, 15) is 0 Å². The van der Waals surface area contributed by atoms with Gasteiger partial charge in [0.1, 0.15) is 0 Å². The zero-order chi connectivity index (χ0) is 11.7. The molecule has 1 aromatic rings. The van der Waals surface area contributed by atoms with Gasteiger partial charge >= 0.3 is 51.4 Å². The summed E-state index contributed by atoms with van der Waals surface area (Å²) in [6, 6.07) is 4.31. The SMILES string of the molecule is CCC.CC[N-]CCn1c(C)ccc1C.[K+]. The van der Waals surface area contributed by atoms with E-state index >= 15 is 0 Å². The molecular formula is C13H25KN2. The quantitative estimate of drug-likeness (QED) is 0.557. The van der Waals surface area contributed by atoms with Gasteiger partial charge in [-0.15, -0.1) is 6.54 Å². The van der Waals surface area contributed by atoms with E-state index in [1.54, 1.807) is 0 Å².